The number of nitrogens with zero attached hydrogens (tertiary/aromatic N) is 2. The molecule has 2 aromatic rings. The summed E-state index contributed by atoms with van der Waals surface area (Å²) in [6.07, 6.45) is 1.80. The van der Waals surface area contributed by atoms with Gasteiger partial charge in [0, 0.05) is 16.7 Å². The van der Waals surface area contributed by atoms with Gasteiger partial charge in [0.15, 0.2) is 0 Å². The maximum atomic E-state index is 12.8. The summed E-state index contributed by atoms with van der Waals surface area (Å²) in [6, 6.07) is 12.0. The SMILES string of the molecule is Cc1ccc(SCc2cccc(C(=O)N3C(C)CCCC3O)n2)c(C)c1. The highest BCUT2D eigenvalue weighted by Crippen LogP contribution is 2.27. The van der Waals surface area contributed by atoms with E-state index in [1.807, 2.05) is 19.1 Å². The largest absolute Gasteiger partial charge is 0.374 e. The van der Waals surface area contributed by atoms with Gasteiger partial charge in [-0.25, -0.2) is 4.98 Å². The highest BCUT2D eigenvalue weighted by atomic mass is 32.2. The molecule has 0 saturated carbocycles. The Morgan fingerprint density at radius 2 is 2.08 bits per heavy atom. The number of aliphatic hydroxyl groups is 1. The molecule has 1 aromatic carbocycles. The van der Waals surface area contributed by atoms with Gasteiger partial charge in [-0.2, -0.15) is 0 Å². The van der Waals surface area contributed by atoms with Crippen LogP contribution in [0.5, 0.6) is 0 Å². The highest BCUT2D eigenvalue weighted by Gasteiger charge is 2.31. The Kier molecular flexibility index (Phi) is 5.99. The van der Waals surface area contributed by atoms with E-state index in [4.69, 9.17) is 0 Å². The highest BCUT2D eigenvalue weighted by molar-refractivity contribution is 7.98. The summed E-state index contributed by atoms with van der Waals surface area (Å²) >= 11 is 1.73. The molecule has 3 rings (SSSR count). The Balaban J connectivity index is 1.72. The number of pyridine rings is 1. The molecule has 5 heteroatoms. The number of aromatic nitrogens is 1. The van der Waals surface area contributed by atoms with Gasteiger partial charge in [0.1, 0.15) is 11.9 Å². The van der Waals surface area contributed by atoms with E-state index >= 15 is 0 Å². The van der Waals surface area contributed by atoms with Gasteiger partial charge in [0.05, 0.1) is 5.69 Å². The lowest BCUT2D eigenvalue weighted by molar-refractivity contribution is -0.0337. The van der Waals surface area contributed by atoms with Crippen LogP contribution in [0.25, 0.3) is 0 Å². The second-order valence-electron chi connectivity index (χ2n) is 7.04. The number of aliphatic hydroxyl groups excluding tert-OH is 1. The number of aryl methyl sites for hydroxylation is 2. The molecule has 1 aliphatic rings. The molecule has 0 spiro atoms. The molecule has 1 fully saturated rings. The van der Waals surface area contributed by atoms with Crippen LogP contribution in [0.3, 0.4) is 0 Å². The zero-order valence-electron chi connectivity index (χ0n) is 15.6. The minimum atomic E-state index is -0.707. The van der Waals surface area contributed by atoms with Crippen molar-refractivity contribution in [1.29, 1.82) is 0 Å². The number of benzene rings is 1. The van der Waals surface area contributed by atoms with Gasteiger partial charge in [-0.1, -0.05) is 23.8 Å². The van der Waals surface area contributed by atoms with Gasteiger partial charge in [-0.15, -0.1) is 11.8 Å². The summed E-state index contributed by atoms with van der Waals surface area (Å²) in [4.78, 5) is 20.2. The Morgan fingerprint density at radius 1 is 1.27 bits per heavy atom. The quantitative estimate of drug-likeness (QED) is 0.814. The second-order valence-corrected chi connectivity index (χ2v) is 8.06. The van der Waals surface area contributed by atoms with Crippen LogP contribution in [0, 0.1) is 13.8 Å². The van der Waals surface area contributed by atoms with Crippen molar-refractivity contribution in [2.24, 2.45) is 0 Å². The molecule has 0 radical (unpaired) electrons. The van der Waals surface area contributed by atoms with Crippen LogP contribution in [0.1, 0.15) is 53.5 Å². The van der Waals surface area contributed by atoms with Crippen molar-refractivity contribution in [2.75, 3.05) is 0 Å². The minimum absolute atomic E-state index is 0.0429. The van der Waals surface area contributed by atoms with Crippen LogP contribution < -0.4 is 0 Å². The van der Waals surface area contributed by atoms with E-state index < -0.39 is 6.23 Å². The third-order valence-electron chi connectivity index (χ3n) is 4.85. The van der Waals surface area contributed by atoms with E-state index in [0.29, 0.717) is 17.9 Å². The number of hydrogen-bond acceptors (Lipinski definition) is 4. The number of thioether (sulfide) groups is 1. The Bertz CT molecular complexity index is 783. The molecule has 1 aliphatic heterocycles. The van der Waals surface area contributed by atoms with Gasteiger partial charge in [-0.3, -0.25) is 4.79 Å². The monoisotopic (exact) mass is 370 g/mol. The molecule has 2 unspecified atom stereocenters. The van der Waals surface area contributed by atoms with Crippen molar-refractivity contribution in [3.8, 4) is 0 Å². The molecule has 138 valence electrons. The first-order chi connectivity index (χ1) is 12.5. The first-order valence-corrected chi connectivity index (χ1v) is 10.1. The lowest BCUT2D eigenvalue weighted by Gasteiger charge is -2.37. The second kappa shape index (κ2) is 8.23. The zero-order valence-corrected chi connectivity index (χ0v) is 16.4. The average Bonchev–Trinajstić information content (AvgIpc) is 2.61. The van der Waals surface area contributed by atoms with E-state index in [2.05, 4.69) is 37.0 Å². The molecule has 1 amide bonds. The van der Waals surface area contributed by atoms with Gasteiger partial charge < -0.3 is 10.0 Å². The maximum absolute atomic E-state index is 12.8. The van der Waals surface area contributed by atoms with E-state index in [-0.39, 0.29) is 11.9 Å². The van der Waals surface area contributed by atoms with Gasteiger partial charge in [0.2, 0.25) is 0 Å². The Labute approximate surface area is 159 Å². The first kappa shape index (κ1) is 18.9. The van der Waals surface area contributed by atoms with Gasteiger partial charge >= 0.3 is 0 Å². The van der Waals surface area contributed by atoms with Crippen LogP contribution in [0.4, 0.5) is 0 Å². The molecule has 1 N–H and O–H groups in total. The van der Waals surface area contributed by atoms with Crippen molar-refractivity contribution < 1.29 is 9.90 Å². The van der Waals surface area contributed by atoms with Crippen molar-refractivity contribution in [3.05, 3.63) is 58.9 Å². The molecule has 0 aliphatic carbocycles. The fourth-order valence-electron chi connectivity index (χ4n) is 3.43. The van der Waals surface area contributed by atoms with Crippen molar-refractivity contribution in [3.63, 3.8) is 0 Å². The number of piperidine rings is 1. The maximum Gasteiger partial charge on any atom is 0.274 e. The van der Waals surface area contributed by atoms with Crippen molar-refractivity contribution in [1.82, 2.24) is 9.88 Å². The lowest BCUT2D eigenvalue weighted by atomic mass is 10.0. The molecule has 26 heavy (non-hydrogen) atoms. The summed E-state index contributed by atoms with van der Waals surface area (Å²) in [5.74, 6) is 0.534. The van der Waals surface area contributed by atoms with Crippen LogP contribution in [0.2, 0.25) is 0 Å². The van der Waals surface area contributed by atoms with Crippen molar-refractivity contribution in [2.45, 2.75) is 63.0 Å². The van der Waals surface area contributed by atoms with E-state index in [1.54, 1.807) is 22.7 Å². The molecule has 4 nitrogen and oxygen atoms in total. The zero-order chi connectivity index (χ0) is 18.7. The van der Waals surface area contributed by atoms with E-state index in [9.17, 15) is 9.90 Å². The van der Waals surface area contributed by atoms with Crippen LogP contribution in [-0.4, -0.2) is 33.2 Å². The van der Waals surface area contributed by atoms with Crippen LogP contribution in [0.15, 0.2) is 41.3 Å². The summed E-state index contributed by atoms with van der Waals surface area (Å²) in [5.41, 5.74) is 3.80. The molecule has 2 heterocycles. The molecule has 0 bridgehead atoms. The molecular formula is C21H26N2O2S. The predicted octanol–water partition coefficient (Wildman–Crippen LogP) is 4.32. The molecular weight excluding hydrogens is 344 g/mol. The summed E-state index contributed by atoms with van der Waals surface area (Å²) < 4.78 is 0. The standard InChI is InChI=1S/C21H26N2O2S/c1-14-10-11-19(15(2)12-14)26-13-17-7-5-8-18(22-17)21(25)23-16(3)6-4-9-20(23)24/h5,7-8,10-12,16,20,24H,4,6,9,13H2,1-3H3. The number of amides is 1. The molecule has 2 atom stereocenters. The van der Waals surface area contributed by atoms with Gasteiger partial charge in [0.25, 0.3) is 5.91 Å². The van der Waals surface area contributed by atoms with E-state index in [0.717, 1.165) is 18.5 Å². The topological polar surface area (TPSA) is 53.4 Å². The van der Waals surface area contributed by atoms with Crippen LogP contribution in [-0.2, 0) is 5.75 Å². The fraction of sp³-hybridized carbons (Fsp3) is 0.429. The number of carbonyl (C=O) groups is 1. The average molecular weight is 371 g/mol. The number of likely N-dealkylation sites (tertiary alicyclic amines) is 1. The molecule has 1 aromatic heterocycles. The summed E-state index contributed by atoms with van der Waals surface area (Å²) in [7, 11) is 0. The number of carbonyl (C=O) groups excluding carboxylic acids is 1. The van der Waals surface area contributed by atoms with Gasteiger partial charge in [-0.05, 0) is 63.8 Å². The van der Waals surface area contributed by atoms with E-state index in [1.165, 1.54) is 16.0 Å². The van der Waals surface area contributed by atoms with Crippen molar-refractivity contribution >= 4 is 17.7 Å². The normalized spacial score (nSPS) is 20.2. The Morgan fingerprint density at radius 3 is 2.81 bits per heavy atom. The minimum Gasteiger partial charge on any atom is -0.374 e. The Hall–Kier alpha value is -1.85. The lowest BCUT2D eigenvalue weighted by Crippen LogP contribution is -2.49. The summed E-state index contributed by atoms with van der Waals surface area (Å²) in [5, 5.41) is 10.2. The van der Waals surface area contributed by atoms with Crippen LogP contribution >= 0.6 is 11.8 Å². The smallest absolute Gasteiger partial charge is 0.274 e. The molecule has 1 saturated heterocycles. The third kappa shape index (κ3) is 4.27. The fourth-order valence-corrected chi connectivity index (χ4v) is 4.34. The predicted molar refractivity (Wildman–Crippen MR) is 105 cm³/mol. The number of hydrogen-bond donors (Lipinski definition) is 1. The summed E-state index contributed by atoms with van der Waals surface area (Å²) in [6.45, 7) is 6.19. The first-order valence-electron chi connectivity index (χ1n) is 9.12. The third-order valence-corrected chi connectivity index (χ3v) is 6.06. The number of rotatable bonds is 4.